The first kappa shape index (κ1) is 18.1. The fraction of sp³-hybridized carbons (Fsp3) is 0.278. The van der Waals surface area contributed by atoms with Gasteiger partial charge in [-0.1, -0.05) is 41.9 Å². The standard InChI is InChI=1S/C18H21ClN2O3/c1-12(14-6-4-3-5-7-14)21-10-13-8-15(19)18(16(9-13)23-2)24-11-17(20)22/h3-9,12,21H,10-11H2,1-2H3,(H2,20,22). The average molecular weight is 349 g/mol. The minimum atomic E-state index is -0.574. The molecule has 0 bridgehead atoms. The molecule has 2 aromatic rings. The normalized spacial score (nSPS) is 11.8. The Balaban J connectivity index is 2.08. The van der Waals surface area contributed by atoms with Crippen LogP contribution < -0.4 is 20.5 Å². The van der Waals surface area contributed by atoms with Gasteiger partial charge in [0.25, 0.3) is 5.91 Å². The Morgan fingerprint density at radius 1 is 1.29 bits per heavy atom. The molecule has 0 aliphatic carbocycles. The summed E-state index contributed by atoms with van der Waals surface area (Å²) in [6.45, 7) is 2.46. The summed E-state index contributed by atoms with van der Waals surface area (Å²) in [4.78, 5) is 10.9. The van der Waals surface area contributed by atoms with Crippen molar-refractivity contribution in [1.29, 1.82) is 0 Å². The summed E-state index contributed by atoms with van der Waals surface area (Å²) in [5.74, 6) is 0.210. The van der Waals surface area contributed by atoms with E-state index in [0.29, 0.717) is 23.1 Å². The number of carbonyl (C=O) groups excluding carboxylic acids is 1. The van der Waals surface area contributed by atoms with Crippen LogP contribution in [0.3, 0.4) is 0 Å². The van der Waals surface area contributed by atoms with Gasteiger partial charge in [-0.3, -0.25) is 4.79 Å². The van der Waals surface area contributed by atoms with E-state index in [1.54, 1.807) is 6.07 Å². The maximum absolute atomic E-state index is 10.9. The first-order valence-corrected chi connectivity index (χ1v) is 7.95. The topological polar surface area (TPSA) is 73.6 Å². The van der Waals surface area contributed by atoms with Crippen LogP contribution in [0.5, 0.6) is 11.5 Å². The van der Waals surface area contributed by atoms with Gasteiger partial charge >= 0.3 is 0 Å². The first-order chi connectivity index (χ1) is 11.5. The third kappa shape index (κ3) is 4.88. The molecule has 2 aromatic carbocycles. The fourth-order valence-corrected chi connectivity index (χ4v) is 2.58. The highest BCUT2D eigenvalue weighted by atomic mass is 35.5. The van der Waals surface area contributed by atoms with Crippen molar-refractivity contribution in [1.82, 2.24) is 5.32 Å². The number of ether oxygens (including phenoxy) is 2. The number of benzene rings is 2. The van der Waals surface area contributed by atoms with E-state index in [1.165, 1.54) is 12.7 Å². The van der Waals surface area contributed by atoms with E-state index in [-0.39, 0.29) is 12.6 Å². The summed E-state index contributed by atoms with van der Waals surface area (Å²) in [5, 5.41) is 3.81. The number of nitrogens with one attached hydrogen (secondary N) is 1. The molecule has 1 atom stereocenters. The minimum absolute atomic E-state index is 0.196. The lowest BCUT2D eigenvalue weighted by Gasteiger charge is -2.16. The van der Waals surface area contributed by atoms with Crippen molar-refractivity contribution in [3.63, 3.8) is 0 Å². The molecule has 5 nitrogen and oxygen atoms in total. The van der Waals surface area contributed by atoms with E-state index in [1.807, 2.05) is 24.3 Å². The molecule has 2 rings (SSSR count). The lowest BCUT2D eigenvalue weighted by Crippen LogP contribution is -2.20. The van der Waals surface area contributed by atoms with Crippen LogP contribution in [0.1, 0.15) is 24.1 Å². The van der Waals surface area contributed by atoms with Gasteiger partial charge < -0.3 is 20.5 Å². The number of halogens is 1. The zero-order chi connectivity index (χ0) is 17.5. The molecule has 0 saturated heterocycles. The SMILES string of the molecule is COc1cc(CNC(C)c2ccccc2)cc(Cl)c1OCC(N)=O. The molecule has 0 fully saturated rings. The zero-order valence-corrected chi connectivity index (χ0v) is 14.5. The van der Waals surface area contributed by atoms with E-state index in [9.17, 15) is 4.79 Å². The van der Waals surface area contributed by atoms with E-state index < -0.39 is 5.91 Å². The second-order valence-electron chi connectivity index (χ2n) is 5.38. The molecule has 0 spiro atoms. The molecule has 3 N–H and O–H groups in total. The molecular weight excluding hydrogens is 328 g/mol. The monoisotopic (exact) mass is 348 g/mol. The lowest BCUT2D eigenvalue weighted by molar-refractivity contribution is -0.119. The van der Waals surface area contributed by atoms with Crippen molar-refractivity contribution in [2.24, 2.45) is 5.73 Å². The minimum Gasteiger partial charge on any atom is -0.493 e. The Kier molecular flexibility index (Phi) is 6.46. The van der Waals surface area contributed by atoms with Gasteiger partial charge in [0, 0.05) is 12.6 Å². The van der Waals surface area contributed by atoms with Gasteiger partial charge in [0.15, 0.2) is 18.1 Å². The van der Waals surface area contributed by atoms with Crippen molar-refractivity contribution >= 4 is 17.5 Å². The van der Waals surface area contributed by atoms with Crippen LogP contribution in [-0.4, -0.2) is 19.6 Å². The summed E-state index contributed by atoms with van der Waals surface area (Å²) >= 11 is 6.24. The summed E-state index contributed by atoms with van der Waals surface area (Å²) in [6.07, 6.45) is 0. The van der Waals surface area contributed by atoms with Crippen LogP contribution in [-0.2, 0) is 11.3 Å². The molecule has 0 radical (unpaired) electrons. The third-order valence-electron chi connectivity index (χ3n) is 3.56. The van der Waals surface area contributed by atoms with Gasteiger partial charge in [-0.2, -0.15) is 0 Å². The Labute approximate surface area is 146 Å². The fourth-order valence-electron chi connectivity index (χ4n) is 2.29. The number of methoxy groups -OCH3 is 1. The number of nitrogens with two attached hydrogens (primary N) is 1. The molecule has 1 amide bonds. The van der Waals surface area contributed by atoms with Crippen molar-refractivity contribution in [2.75, 3.05) is 13.7 Å². The van der Waals surface area contributed by atoms with Gasteiger partial charge in [0.2, 0.25) is 0 Å². The smallest absolute Gasteiger partial charge is 0.255 e. The van der Waals surface area contributed by atoms with Crippen LogP contribution in [0.15, 0.2) is 42.5 Å². The Bertz CT molecular complexity index is 692. The maximum Gasteiger partial charge on any atom is 0.255 e. The van der Waals surface area contributed by atoms with Gasteiger partial charge in [-0.15, -0.1) is 0 Å². The molecule has 24 heavy (non-hydrogen) atoms. The van der Waals surface area contributed by atoms with Crippen molar-refractivity contribution in [3.05, 3.63) is 58.6 Å². The molecule has 0 heterocycles. The maximum atomic E-state index is 10.9. The lowest BCUT2D eigenvalue weighted by atomic mass is 10.1. The third-order valence-corrected chi connectivity index (χ3v) is 3.84. The molecule has 1 unspecified atom stereocenters. The number of amides is 1. The van der Waals surface area contributed by atoms with Gasteiger partial charge in [-0.05, 0) is 30.2 Å². The number of primary amides is 1. The zero-order valence-electron chi connectivity index (χ0n) is 13.7. The van der Waals surface area contributed by atoms with Crippen molar-refractivity contribution in [2.45, 2.75) is 19.5 Å². The number of carbonyl (C=O) groups is 1. The predicted octanol–water partition coefficient (Wildman–Crippen LogP) is 3.06. The van der Waals surface area contributed by atoms with Crippen LogP contribution in [0.4, 0.5) is 0 Å². The van der Waals surface area contributed by atoms with Gasteiger partial charge in [0.1, 0.15) is 0 Å². The Hall–Kier alpha value is -2.24. The van der Waals surface area contributed by atoms with E-state index >= 15 is 0 Å². The van der Waals surface area contributed by atoms with Crippen LogP contribution >= 0.6 is 11.6 Å². The highest BCUT2D eigenvalue weighted by Gasteiger charge is 2.14. The molecule has 0 aliphatic rings. The number of hydrogen-bond donors (Lipinski definition) is 2. The summed E-state index contributed by atoms with van der Waals surface area (Å²) < 4.78 is 10.6. The average Bonchev–Trinajstić information content (AvgIpc) is 2.58. The summed E-state index contributed by atoms with van der Waals surface area (Å²) in [5.41, 5.74) is 7.25. The van der Waals surface area contributed by atoms with E-state index in [2.05, 4.69) is 24.4 Å². The molecule has 0 saturated carbocycles. The second-order valence-corrected chi connectivity index (χ2v) is 5.78. The predicted molar refractivity (Wildman–Crippen MR) is 94.4 cm³/mol. The Morgan fingerprint density at radius 3 is 2.62 bits per heavy atom. The number of hydrogen-bond acceptors (Lipinski definition) is 4. The van der Waals surface area contributed by atoms with Crippen molar-refractivity contribution in [3.8, 4) is 11.5 Å². The molecule has 0 aromatic heterocycles. The highest BCUT2D eigenvalue weighted by molar-refractivity contribution is 6.32. The molecular formula is C18H21ClN2O3. The van der Waals surface area contributed by atoms with E-state index in [0.717, 1.165) is 5.56 Å². The van der Waals surface area contributed by atoms with E-state index in [4.69, 9.17) is 26.8 Å². The van der Waals surface area contributed by atoms with Crippen LogP contribution in [0, 0.1) is 0 Å². The summed E-state index contributed by atoms with van der Waals surface area (Å²) in [7, 11) is 1.52. The molecule has 0 aliphatic heterocycles. The Morgan fingerprint density at radius 2 is 2.00 bits per heavy atom. The summed E-state index contributed by atoms with van der Waals surface area (Å²) in [6, 6.07) is 14.0. The van der Waals surface area contributed by atoms with Crippen LogP contribution in [0.2, 0.25) is 5.02 Å². The van der Waals surface area contributed by atoms with Crippen molar-refractivity contribution < 1.29 is 14.3 Å². The molecule has 6 heteroatoms. The molecule has 128 valence electrons. The quantitative estimate of drug-likeness (QED) is 0.769. The van der Waals surface area contributed by atoms with Gasteiger partial charge in [0.05, 0.1) is 12.1 Å². The first-order valence-electron chi connectivity index (χ1n) is 7.57. The highest BCUT2D eigenvalue weighted by Crippen LogP contribution is 2.36. The van der Waals surface area contributed by atoms with Gasteiger partial charge in [-0.25, -0.2) is 0 Å². The second kappa shape index (κ2) is 8.57. The largest absolute Gasteiger partial charge is 0.493 e. The number of rotatable bonds is 8. The van der Waals surface area contributed by atoms with Crippen LogP contribution in [0.25, 0.3) is 0 Å².